The number of nitrogens with two attached hydrogens (primary N) is 1. The molecule has 5 heteroatoms. The van der Waals surface area contributed by atoms with Crippen molar-refractivity contribution in [2.75, 3.05) is 24.5 Å². The molecule has 5 nitrogen and oxygen atoms in total. The fourth-order valence-corrected chi connectivity index (χ4v) is 1.55. The van der Waals surface area contributed by atoms with Gasteiger partial charge in [-0.1, -0.05) is 17.7 Å². The maximum absolute atomic E-state index is 11.9. The van der Waals surface area contributed by atoms with Crippen LogP contribution < -0.4 is 16.0 Å². The van der Waals surface area contributed by atoms with E-state index in [0.717, 1.165) is 11.3 Å². The van der Waals surface area contributed by atoms with Crippen molar-refractivity contribution in [2.45, 2.75) is 13.8 Å². The summed E-state index contributed by atoms with van der Waals surface area (Å²) in [5.74, 6) is -1.18. The molecule has 0 saturated carbocycles. The number of hydrogen-bond donors (Lipinski definition) is 2. The molecular formula is C13H19N3O2. The first-order valence-electron chi connectivity index (χ1n) is 5.96. The monoisotopic (exact) mass is 249 g/mol. The van der Waals surface area contributed by atoms with Crippen LogP contribution in [0.15, 0.2) is 24.3 Å². The van der Waals surface area contributed by atoms with Crippen LogP contribution in [0.25, 0.3) is 0 Å². The Bertz CT molecular complexity index is 415. The lowest BCUT2D eigenvalue weighted by atomic mass is 10.2. The molecule has 0 atom stereocenters. The Kier molecular flexibility index (Phi) is 5.32. The minimum atomic E-state index is -0.622. The molecule has 1 rings (SSSR count). The Balaban J connectivity index is 2.79. The van der Waals surface area contributed by atoms with E-state index in [-0.39, 0.29) is 0 Å². The van der Waals surface area contributed by atoms with Crippen LogP contribution in [0.5, 0.6) is 0 Å². The number of amides is 2. The second-order valence-corrected chi connectivity index (χ2v) is 3.93. The number of benzene rings is 1. The first-order valence-corrected chi connectivity index (χ1v) is 5.96. The van der Waals surface area contributed by atoms with Gasteiger partial charge in [-0.05, 0) is 26.0 Å². The number of carbonyl (C=O) groups excluding carboxylic acids is 2. The lowest BCUT2D eigenvalue weighted by molar-refractivity contribution is -0.137. The van der Waals surface area contributed by atoms with Crippen LogP contribution in [0.2, 0.25) is 0 Å². The predicted molar refractivity (Wildman–Crippen MR) is 71.3 cm³/mol. The smallest absolute Gasteiger partial charge is 0.316 e. The van der Waals surface area contributed by atoms with Gasteiger partial charge in [-0.25, -0.2) is 0 Å². The molecule has 2 amide bonds. The summed E-state index contributed by atoms with van der Waals surface area (Å²) in [6, 6.07) is 7.46. The van der Waals surface area contributed by atoms with E-state index >= 15 is 0 Å². The number of aryl methyl sites for hydroxylation is 1. The van der Waals surface area contributed by atoms with Crippen LogP contribution in [0.1, 0.15) is 12.5 Å². The van der Waals surface area contributed by atoms with Crippen LogP contribution in [-0.2, 0) is 9.59 Å². The molecule has 0 aliphatic carbocycles. The summed E-state index contributed by atoms with van der Waals surface area (Å²) in [7, 11) is 0. The second-order valence-electron chi connectivity index (χ2n) is 3.93. The molecule has 1 aromatic carbocycles. The summed E-state index contributed by atoms with van der Waals surface area (Å²) in [6.45, 7) is 4.85. The number of anilines is 1. The number of nitrogens with zero attached hydrogens (tertiary/aromatic N) is 1. The summed E-state index contributed by atoms with van der Waals surface area (Å²) < 4.78 is 0. The van der Waals surface area contributed by atoms with E-state index < -0.39 is 11.8 Å². The van der Waals surface area contributed by atoms with Crippen LogP contribution in [0, 0.1) is 6.92 Å². The standard InChI is InChI=1S/C13H19N3O2/c1-3-16(11-6-4-10(2)5-7-11)13(18)12(17)15-9-8-14/h4-7H,3,8-9,14H2,1-2H3,(H,15,17). The van der Waals surface area contributed by atoms with E-state index in [1.54, 1.807) is 0 Å². The summed E-state index contributed by atoms with van der Waals surface area (Å²) in [4.78, 5) is 25.0. The zero-order chi connectivity index (χ0) is 13.5. The van der Waals surface area contributed by atoms with E-state index in [9.17, 15) is 9.59 Å². The second kappa shape index (κ2) is 6.76. The van der Waals surface area contributed by atoms with E-state index in [0.29, 0.717) is 19.6 Å². The molecule has 0 fully saturated rings. The molecular weight excluding hydrogens is 230 g/mol. The molecule has 98 valence electrons. The molecule has 18 heavy (non-hydrogen) atoms. The third kappa shape index (κ3) is 3.56. The molecule has 0 spiro atoms. The maximum atomic E-state index is 11.9. The van der Waals surface area contributed by atoms with Crippen molar-refractivity contribution in [2.24, 2.45) is 5.73 Å². The Labute approximate surface area is 107 Å². The van der Waals surface area contributed by atoms with Crippen molar-refractivity contribution in [1.29, 1.82) is 0 Å². The van der Waals surface area contributed by atoms with Crippen molar-refractivity contribution < 1.29 is 9.59 Å². The van der Waals surface area contributed by atoms with Gasteiger partial charge in [0.2, 0.25) is 0 Å². The average Bonchev–Trinajstić information content (AvgIpc) is 2.38. The minimum Gasteiger partial charge on any atom is -0.347 e. The zero-order valence-corrected chi connectivity index (χ0v) is 10.8. The van der Waals surface area contributed by atoms with Crippen LogP contribution >= 0.6 is 0 Å². The fraction of sp³-hybridized carbons (Fsp3) is 0.385. The molecule has 0 heterocycles. The van der Waals surface area contributed by atoms with Crippen molar-refractivity contribution >= 4 is 17.5 Å². The Hall–Kier alpha value is -1.88. The highest BCUT2D eigenvalue weighted by molar-refractivity contribution is 6.40. The van der Waals surface area contributed by atoms with Gasteiger partial charge in [-0.3, -0.25) is 9.59 Å². The Morgan fingerprint density at radius 2 is 1.89 bits per heavy atom. The molecule has 0 saturated heterocycles. The Morgan fingerprint density at radius 1 is 1.28 bits per heavy atom. The van der Waals surface area contributed by atoms with E-state index in [1.807, 2.05) is 38.1 Å². The summed E-state index contributed by atoms with van der Waals surface area (Å²) >= 11 is 0. The van der Waals surface area contributed by atoms with Crippen molar-refractivity contribution in [3.63, 3.8) is 0 Å². The highest BCUT2D eigenvalue weighted by Gasteiger charge is 2.21. The average molecular weight is 249 g/mol. The molecule has 0 aromatic heterocycles. The van der Waals surface area contributed by atoms with Gasteiger partial charge >= 0.3 is 11.8 Å². The highest BCUT2D eigenvalue weighted by Crippen LogP contribution is 2.14. The minimum absolute atomic E-state index is 0.302. The lowest BCUT2D eigenvalue weighted by Gasteiger charge is -2.20. The number of likely N-dealkylation sites (N-methyl/N-ethyl adjacent to an activating group) is 1. The van der Waals surface area contributed by atoms with Gasteiger partial charge in [-0.2, -0.15) is 0 Å². The van der Waals surface area contributed by atoms with E-state index in [1.165, 1.54) is 4.90 Å². The van der Waals surface area contributed by atoms with Crippen molar-refractivity contribution in [3.05, 3.63) is 29.8 Å². The fourth-order valence-electron chi connectivity index (χ4n) is 1.55. The first-order chi connectivity index (χ1) is 8.60. The van der Waals surface area contributed by atoms with Gasteiger partial charge < -0.3 is 16.0 Å². The molecule has 3 N–H and O–H groups in total. The number of carbonyl (C=O) groups is 2. The topological polar surface area (TPSA) is 75.4 Å². The van der Waals surface area contributed by atoms with Gasteiger partial charge in [0.1, 0.15) is 0 Å². The Morgan fingerprint density at radius 3 is 2.39 bits per heavy atom. The number of nitrogens with one attached hydrogen (secondary N) is 1. The van der Waals surface area contributed by atoms with E-state index in [4.69, 9.17) is 5.73 Å². The van der Waals surface area contributed by atoms with Gasteiger partial charge in [0.25, 0.3) is 0 Å². The van der Waals surface area contributed by atoms with Gasteiger partial charge in [-0.15, -0.1) is 0 Å². The number of rotatable bonds is 4. The van der Waals surface area contributed by atoms with Crippen LogP contribution in [0.3, 0.4) is 0 Å². The molecule has 1 aromatic rings. The highest BCUT2D eigenvalue weighted by atomic mass is 16.2. The van der Waals surface area contributed by atoms with Crippen molar-refractivity contribution in [3.8, 4) is 0 Å². The number of hydrogen-bond acceptors (Lipinski definition) is 3. The maximum Gasteiger partial charge on any atom is 0.316 e. The normalized spacial score (nSPS) is 9.94. The third-order valence-electron chi connectivity index (χ3n) is 2.53. The molecule has 0 bridgehead atoms. The zero-order valence-electron chi connectivity index (χ0n) is 10.8. The summed E-state index contributed by atoms with van der Waals surface area (Å²) in [5, 5.41) is 2.47. The van der Waals surface area contributed by atoms with Crippen LogP contribution in [-0.4, -0.2) is 31.4 Å². The van der Waals surface area contributed by atoms with Gasteiger partial charge in [0.05, 0.1) is 0 Å². The van der Waals surface area contributed by atoms with Gasteiger partial charge in [0.15, 0.2) is 0 Å². The van der Waals surface area contributed by atoms with Crippen molar-refractivity contribution in [1.82, 2.24) is 5.32 Å². The quantitative estimate of drug-likeness (QED) is 0.759. The first kappa shape index (κ1) is 14.2. The molecule has 0 aliphatic heterocycles. The van der Waals surface area contributed by atoms with E-state index in [2.05, 4.69) is 5.32 Å². The molecule has 0 radical (unpaired) electrons. The SMILES string of the molecule is CCN(C(=O)C(=O)NCCN)c1ccc(C)cc1. The summed E-state index contributed by atoms with van der Waals surface area (Å²) in [6.07, 6.45) is 0. The summed E-state index contributed by atoms with van der Waals surface area (Å²) in [5.41, 5.74) is 7.10. The predicted octanol–water partition coefficient (Wildman–Crippen LogP) is 0.423. The van der Waals surface area contributed by atoms with Gasteiger partial charge in [0, 0.05) is 25.3 Å². The third-order valence-corrected chi connectivity index (χ3v) is 2.53. The molecule has 0 unspecified atom stereocenters. The molecule has 0 aliphatic rings. The lowest BCUT2D eigenvalue weighted by Crippen LogP contribution is -2.44. The largest absolute Gasteiger partial charge is 0.347 e. The van der Waals surface area contributed by atoms with Crippen LogP contribution in [0.4, 0.5) is 5.69 Å².